The van der Waals surface area contributed by atoms with Gasteiger partial charge in [0.2, 0.25) is 0 Å². The number of methoxy groups -OCH3 is 2. The number of benzene rings is 3. The molecule has 0 spiro atoms. The Kier molecular flexibility index (Phi) is 7.88. The van der Waals surface area contributed by atoms with Gasteiger partial charge in [0.15, 0.2) is 18.1 Å². The molecule has 0 atom stereocenters. The molecule has 0 aliphatic heterocycles. The third kappa shape index (κ3) is 6.45. The smallest absolute Gasteiger partial charge is 0.262 e. The molecule has 0 saturated heterocycles. The van der Waals surface area contributed by atoms with Gasteiger partial charge in [-0.25, -0.2) is 0 Å². The number of nitrogens with zero attached hydrogens (tertiary/aromatic N) is 1. The first-order chi connectivity index (χ1) is 15.0. The number of aliphatic imine (C=N–C) groups is 1. The van der Waals surface area contributed by atoms with E-state index in [4.69, 9.17) is 14.2 Å². The largest absolute Gasteiger partial charge is 0.497 e. The topological polar surface area (TPSA) is 69.2 Å². The summed E-state index contributed by atoms with van der Waals surface area (Å²) in [4.78, 5) is 16.8. The predicted octanol–water partition coefficient (Wildman–Crippen LogP) is 5.38. The first-order valence-electron chi connectivity index (χ1n) is 9.53. The van der Waals surface area contributed by atoms with Crippen molar-refractivity contribution in [3.05, 3.63) is 75.4 Å². The molecular weight excluding hydrogens is 507 g/mol. The fourth-order valence-corrected chi connectivity index (χ4v) is 3.61. The maximum Gasteiger partial charge on any atom is 0.262 e. The third-order valence-electron chi connectivity index (χ3n) is 4.34. The highest BCUT2D eigenvalue weighted by molar-refractivity contribution is 14.1. The summed E-state index contributed by atoms with van der Waals surface area (Å²) in [7, 11) is 3.19. The van der Waals surface area contributed by atoms with Crippen molar-refractivity contribution >= 4 is 46.1 Å². The van der Waals surface area contributed by atoms with Gasteiger partial charge in [0, 0.05) is 11.9 Å². The first-order valence-corrected chi connectivity index (χ1v) is 10.6. The van der Waals surface area contributed by atoms with Crippen LogP contribution in [0.1, 0.15) is 11.1 Å². The van der Waals surface area contributed by atoms with Gasteiger partial charge in [-0.15, -0.1) is 0 Å². The quantitative estimate of drug-likeness (QED) is 0.314. The number of hydrogen-bond donors (Lipinski definition) is 1. The van der Waals surface area contributed by atoms with E-state index in [2.05, 4.69) is 32.9 Å². The Morgan fingerprint density at radius 3 is 2.52 bits per heavy atom. The molecule has 0 fully saturated rings. The number of halogens is 1. The van der Waals surface area contributed by atoms with Crippen molar-refractivity contribution in [2.24, 2.45) is 4.99 Å². The van der Waals surface area contributed by atoms with Crippen LogP contribution in [-0.4, -0.2) is 32.9 Å². The third-order valence-corrected chi connectivity index (χ3v) is 5.14. The fraction of sp³-hybridized carbons (Fsp3) is 0.167. The first kappa shape index (κ1) is 22.6. The molecule has 1 N–H and O–H groups in total. The summed E-state index contributed by atoms with van der Waals surface area (Å²) in [6.07, 6.45) is 1.75. The minimum Gasteiger partial charge on any atom is -0.497 e. The van der Waals surface area contributed by atoms with Crippen molar-refractivity contribution in [1.82, 2.24) is 0 Å². The number of ether oxygens (including phenoxy) is 3. The van der Waals surface area contributed by atoms with Crippen molar-refractivity contribution < 1.29 is 19.0 Å². The average Bonchev–Trinajstić information content (AvgIpc) is 2.77. The molecule has 0 aliphatic rings. The summed E-state index contributed by atoms with van der Waals surface area (Å²) in [6, 6.07) is 18.8. The van der Waals surface area contributed by atoms with Crippen LogP contribution in [0.25, 0.3) is 0 Å². The Balaban J connectivity index is 1.68. The number of rotatable bonds is 8. The molecule has 3 aromatic rings. The summed E-state index contributed by atoms with van der Waals surface area (Å²) >= 11 is 2.16. The highest BCUT2D eigenvalue weighted by Crippen LogP contribution is 2.33. The van der Waals surface area contributed by atoms with Crippen LogP contribution < -0.4 is 19.5 Å². The molecule has 0 aliphatic carbocycles. The molecule has 0 aromatic heterocycles. The van der Waals surface area contributed by atoms with Crippen LogP contribution in [0, 0.1) is 10.5 Å². The van der Waals surface area contributed by atoms with E-state index >= 15 is 0 Å². The summed E-state index contributed by atoms with van der Waals surface area (Å²) < 4.78 is 17.2. The van der Waals surface area contributed by atoms with E-state index in [9.17, 15) is 4.79 Å². The molecule has 7 heteroatoms. The normalized spacial score (nSPS) is 10.7. The minimum atomic E-state index is -0.242. The molecule has 160 valence electrons. The molecule has 1 amide bonds. The van der Waals surface area contributed by atoms with Crippen molar-refractivity contribution in [2.45, 2.75) is 6.92 Å². The van der Waals surface area contributed by atoms with E-state index in [1.165, 1.54) is 0 Å². The van der Waals surface area contributed by atoms with Crippen molar-refractivity contribution in [1.29, 1.82) is 0 Å². The number of anilines is 1. The summed E-state index contributed by atoms with van der Waals surface area (Å²) in [5.74, 6) is 1.59. The second-order valence-corrected chi connectivity index (χ2v) is 7.86. The maximum absolute atomic E-state index is 12.3. The molecule has 0 radical (unpaired) electrons. The van der Waals surface area contributed by atoms with Gasteiger partial charge in [0.1, 0.15) is 5.75 Å². The number of nitrogens with one attached hydrogen (secondary N) is 1. The highest BCUT2D eigenvalue weighted by Gasteiger charge is 2.13. The minimum absolute atomic E-state index is 0.125. The number of carbonyl (C=O) groups excluding carboxylic acids is 1. The fourth-order valence-electron chi connectivity index (χ4n) is 2.83. The van der Waals surface area contributed by atoms with Crippen LogP contribution in [-0.2, 0) is 4.79 Å². The van der Waals surface area contributed by atoms with E-state index in [-0.39, 0.29) is 12.5 Å². The van der Waals surface area contributed by atoms with E-state index < -0.39 is 0 Å². The Morgan fingerprint density at radius 1 is 1.06 bits per heavy atom. The monoisotopic (exact) mass is 530 g/mol. The average molecular weight is 530 g/mol. The van der Waals surface area contributed by atoms with Gasteiger partial charge in [-0.05, 0) is 89.2 Å². The van der Waals surface area contributed by atoms with E-state index in [1.807, 2.05) is 67.6 Å². The second kappa shape index (κ2) is 10.8. The molecular formula is C24H23IN2O4. The van der Waals surface area contributed by atoms with Gasteiger partial charge in [-0.2, -0.15) is 0 Å². The standard InChI is InChI=1S/C24H23IN2O4/c1-16-5-4-6-19(11-16)27-23(28)15-31-24-21(25)12-17(13-22(24)30-3)14-26-18-7-9-20(29-2)10-8-18/h4-14H,15H2,1-3H3,(H,27,28). The maximum atomic E-state index is 12.3. The molecule has 3 aromatic carbocycles. The molecule has 0 bridgehead atoms. The van der Waals surface area contributed by atoms with Crippen molar-refractivity contribution in [2.75, 3.05) is 26.1 Å². The van der Waals surface area contributed by atoms with Crippen molar-refractivity contribution in [3.8, 4) is 17.2 Å². The van der Waals surface area contributed by atoms with Gasteiger partial charge < -0.3 is 19.5 Å². The molecule has 0 heterocycles. The lowest BCUT2D eigenvalue weighted by Crippen LogP contribution is -2.20. The lowest BCUT2D eigenvalue weighted by atomic mass is 10.2. The lowest BCUT2D eigenvalue weighted by Gasteiger charge is -2.13. The summed E-state index contributed by atoms with van der Waals surface area (Å²) in [5.41, 5.74) is 3.47. The van der Waals surface area contributed by atoms with Gasteiger partial charge >= 0.3 is 0 Å². The molecule has 0 unspecified atom stereocenters. The zero-order chi connectivity index (χ0) is 22.2. The zero-order valence-electron chi connectivity index (χ0n) is 17.5. The molecule has 31 heavy (non-hydrogen) atoms. The van der Waals surface area contributed by atoms with E-state index in [0.717, 1.165) is 31.8 Å². The zero-order valence-corrected chi connectivity index (χ0v) is 19.7. The Morgan fingerprint density at radius 2 is 1.84 bits per heavy atom. The number of hydrogen-bond acceptors (Lipinski definition) is 5. The Hall–Kier alpha value is -3.07. The lowest BCUT2D eigenvalue weighted by molar-refractivity contribution is -0.118. The van der Waals surface area contributed by atoms with Gasteiger partial charge in [-0.3, -0.25) is 9.79 Å². The van der Waals surface area contributed by atoms with Crippen LogP contribution in [0.2, 0.25) is 0 Å². The second-order valence-electron chi connectivity index (χ2n) is 6.70. The van der Waals surface area contributed by atoms with Crippen LogP contribution in [0.4, 0.5) is 11.4 Å². The number of amides is 1. The van der Waals surface area contributed by atoms with Crippen molar-refractivity contribution in [3.63, 3.8) is 0 Å². The SMILES string of the molecule is COc1ccc(N=Cc2cc(I)c(OCC(=O)Nc3cccc(C)c3)c(OC)c2)cc1. The summed E-state index contributed by atoms with van der Waals surface area (Å²) in [5, 5.41) is 2.83. The molecule has 6 nitrogen and oxygen atoms in total. The highest BCUT2D eigenvalue weighted by atomic mass is 127. The van der Waals surface area contributed by atoms with Gasteiger partial charge in [-0.1, -0.05) is 12.1 Å². The van der Waals surface area contributed by atoms with Crippen LogP contribution >= 0.6 is 22.6 Å². The molecule has 0 saturated carbocycles. The predicted molar refractivity (Wildman–Crippen MR) is 131 cm³/mol. The van der Waals surface area contributed by atoms with E-state index in [0.29, 0.717) is 11.5 Å². The van der Waals surface area contributed by atoms with Gasteiger partial charge in [0.25, 0.3) is 5.91 Å². The molecule has 3 rings (SSSR count). The Bertz CT molecular complexity index is 1080. The Labute approximate surface area is 195 Å². The number of aryl methyl sites for hydroxylation is 1. The van der Waals surface area contributed by atoms with Crippen LogP contribution in [0.5, 0.6) is 17.2 Å². The number of carbonyl (C=O) groups is 1. The van der Waals surface area contributed by atoms with Crippen LogP contribution in [0.15, 0.2) is 65.7 Å². The van der Waals surface area contributed by atoms with E-state index in [1.54, 1.807) is 20.4 Å². The summed E-state index contributed by atoms with van der Waals surface area (Å²) in [6.45, 7) is 1.85. The van der Waals surface area contributed by atoms with Crippen LogP contribution in [0.3, 0.4) is 0 Å². The van der Waals surface area contributed by atoms with Gasteiger partial charge in [0.05, 0.1) is 23.5 Å².